The first-order chi connectivity index (χ1) is 7.72. The number of aldehydes is 1. The van der Waals surface area contributed by atoms with Crippen LogP contribution in [0.15, 0.2) is 29.3 Å². The molecule has 1 aromatic carbocycles. The highest BCUT2D eigenvalue weighted by Gasteiger charge is 2.09. The van der Waals surface area contributed by atoms with Crippen molar-refractivity contribution in [2.24, 2.45) is 4.99 Å². The Morgan fingerprint density at radius 3 is 2.44 bits per heavy atom. The lowest BCUT2D eigenvalue weighted by Crippen LogP contribution is -2.00. The molecule has 0 fully saturated rings. The van der Waals surface area contributed by atoms with Crippen molar-refractivity contribution in [2.45, 2.75) is 0 Å². The van der Waals surface area contributed by atoms with Crippen molar-refractivity contribution in [1.29, 1.82) is 10.5 Å². The largest absolute Gasteiger partial charge is 0.294 e. The molecule has 0 unspecified atom stereocenters. The lowest BCUT2D eigenvalue weighted by molar-refractivity contribution is -0.104. The average Bonchev–Trinajstić information content (AvgIpc) is 2.35. The molecular formula is C11H5N3O2. The fraction of sp³-hybridized carbons (Fsp3) is 0. The third-order valence-electron chi connectivity index (χ3n) is 1.72. The third kappa shape index (κ3) is 2.37. The zero-order valence-corrected chi connectivity index (χ0v) is 8.04. The summed E-state index contributed by atoms with van der Waals surface area (Å²) < 4.78 is 0. The van der Waals surface area contributed by atoms with Gasteiger partial charge in [0.05, 0.1) is 11.3 Å². The minimum Gasteiger partial charge on any atom is -0.294 e. The van der Waals surface area contributed by atoms with E-state index in [1.807, 2.05) is 0 Å². The molecule has 1 aromatic rings. The minimum absolute atomic E-state index is 0.0699. The van der Waals surface area contributed by atoms with Crippen LogP contribution in [0.4, 0.5) is 5.69 Å². The van der Waals surface area contributed by atoms with Crippen LogP contribution in [0, 0.1) is 22.7 Å². The standard InChI is InChI=1S/C11H5N3O2/c12-5-8(6-13)14-10-4-2-1-3-9(10)11(16)7-15/h1-4,7H. The fourth-order valence-electron chi connectivity index (χ4n) is 1.04. The fourth-order valence-corrected chi connectivity index (χ4v) is 1.04. The number of carbonyl (C=O) groups excluding carboxylic acids is 2. The van der Waals surface area contributed by atoms with Gasteiger partial charge in [0.2, 0.25) is 11.5 Å². The molecule has 0 aliphatic carbocycles. The highest BCUT2D eigenvalue weighted by molar-refractivity contribution is 6.34. The van der Waals surface area contributed by atoms with E-state index in [9.17, 15) is 9.59 Å². The average molecular weight is 211 g/mol. The van der Waals surface area contributed by atoms with Gasteiger partial charge in [0, 0.05) is 0 Å². The number of nitriles is 2. The van der Waals surface area contributed by atoms with E-state index in [1.54, 1.807) is 24.3 Å². The summed E-state index contributed by atoms with van der Waals surface area (Å²) in [6.45, 7) is 0. The first-order valence-electron chi connectivity index (χ1n) is 4.20. The second kappa shape index (κ2) is 5.18. The van der Waals surface area contributed by atoms with Crippen molar-refractivity contribution >= 4 is 23.5 Å². The highest BCUT2D eigenvalue weighted by Crippen LogP contribution is 2.18. The van der Waals surface area contributed by atoms with Gasteiger partial charge >= 0.3 is 0 Å². The van der Waals surface area contributed by atoms with Crippen molar-refractivity contribution in [3.8, 4) is 12.1 Å². The molecule has 76 valence electrons. The maximum absolute atomic E-state index is 11.2. The molecular weight excluding hydrogens is 206 g/mol. The number of Topliss-reactive ketones (excluding diaryl/α,β-unsaturated/α-hetero) is 1. The van der Waals surface area contributed by atoms with E-state index in [4.69, 9.17) is 10.5 Å². The molecule has 0 aliphatic heterocycles. The topological polar surface area (TPSA) is 94.1 Å². The normalized spacial score (nSPS) is 8.38. The number of hydrogen-bond donors (Lipinski definition) is 0. The second-order valence-corrected chi connectivity index (χ2v) is 2.68. The lowest BCUT2D eigenvalue weighted by atomic mass is 10.1. The third-order valence-corrected chi connectivity index (χ3v) is 1.72. The summed E-state index contributed by atoms with van der Waals surface area (Å²) in [4.78, 5) is 25.2. The van der Waals surface area contributed by atoms with E-state index < -0.39 is 5.78 Å². The Bertz CT molecular complexity index is 531. The SMILES string of the molecule is N#CC(C#N)=Nc1ccccc1C(=O)C=O. The highest BCUT2D eigenvalue weighted by atomic mass is 16.2. The van der Waals surface area contributed by atoms with Gasteiger partial charge in [-0.05, 0) is 12.1 Å². The number of carbonyl (C=O) groups is 2. The van der Waals surface area contributed by atoms with Crippen molar-refractivity contribution in [3.63, 3.8) is 0 Å². The number of nitrogens with zero attached hydrogens (tertiary/aromatic N) is 3. The van der Waals surface area contributed by atoms with Crippen LogP contribution in [0.3, 0.4) is 0 Å². The molecule has 0 saturated carbocycles. The smallest absolute Gasteiger partial charge is 0.227 e. The van der Waals surface area contributed by atoms with Crippen LogP contribution in [0.25, 0.3) is 0 Å². The van der Waals surface area contributed by atoms with Crippen LogP contribution in [0.1, 0.15) is 10.4 Å². The van der Waals surface area contributed by atoms with E-state index >= 15 is 0 Å². The molecule has 0 amide bonds. The molecule has 1 rings (SSSR count). The van der Waals surface area contributed by atoms with E-state index in [1.165, 1.54) is 12.1 Å². The van der Waals surface area contributed by atoms with E-state index in [-0.39, 0.29) is 23.2 Å². The van der Waals surface area contributed by atoms with Crippen molar-refractivity contribution < 1.29 is 9.59 Å². The van der Waals surface area contributed by atoms with Crippen LogP contribution < -0.4 is 0 Å². The van der Waals surface area contributed by atoms with E-state index in [2.05, 4.69) is 4.99 Å². The zero-order chi connectivity index (χ0) is 12.0. The van der Waals surface area contributed by atoms with Crippen molar-refractivity contribution in [1.82, 2.24) is 0 Å². The summed E-state index contributed by atoms with van der Waals surface area (Å²) >= 11 is 0. The lowest BCUT2D eigenvalue weighted by Gasteiger charge is -1.98. The Morgan fingerprint density at radius 2 is 1.88 bits per heavy atom. The summed E-state index contributed by atoms with van der Waals surface area (Å²) in [6, 6.07) is 9.16. The van der Waals surface area contributed by atoms with Crippen LogP contribution in [-0.2, 0) is 4.79 Å². The maximum atomic E-state index is 11.2. The van der Waals surface area contributed by atoms with E-state index in [0.717, 1.165) is 0 Å². The van der Waals surface area contributed by atoms with Crippen LogP contribution in [0.5, 0.6) is 0 Å². The molecule has 0 radical (unpaired) electrons. The summed E-state index contributed by atoms with van der Waals surface area (Å²) in [5, 5.41) is 17.0. The number of ketones is 1. The van der Waals surface area contributed by atoms with Crippen molar-refractivity contribution in [3.05, 3.63) is 29.8 Å². The van der Waals surface area contributed by atoms with Gasteiger partial charge in [-0.2, -0.15) is 10.5 Å². The Labute approximate surface area is 91.3 Å². The summed E-state index contributed by atoms with van der Waals surface area (Å²) in [6.07, 6.45) is 0.159. The van der Waals surface area contributed by atoms with Gasteiger partial charge in [0.1, 0.15) is 12.1 Å². The van der Waals surface area contributed by atoms with Crippen LogP contribution in [0.2, 0.25) is 0 Å². The Balaban J connectivity index is 3.31. The molecule has 0 aliphatic rings. The van der Waals surface area contributed by atoms with E-state index in [0.29, 0.717) is 0 Å². The number of aliphatic imine (C=N–C) groups is 1. The van der Waals surface area contributed by atoms with Gasteiger partial charge in [0.15, 0.2) is 6.29 Å². The van der Waals surface area contributed by atoms with Gasteiger partial charge < -0.3 is 0 Å². The quantitative estimate of drug-likeness (QED) is 0.324. The summed E-state index contributed by atoms with van der Waals surface area (Å²) in [7, 11) is 0. The predicted octanol–water partition coefficient (Wildman–Crippen LogP) is 1.19. The number of rotatable bonds is 3. The Kier molecular flexibility index (Phi) is 3.65. The van der Waals surface area contributed by atoms with Gasteiger partial charge in [-0.25, -0.2) is 4.99 Å². The number of hydrogen-bond acceptors (Lipinski definition) is 5. The molecule has 0 spiro atoms. The maximum Gasteiger partial charge on any atom is 0.227 e. The monoisotopic (exact) mass is 211 g/mol. The molecule has 5 heteroatoms. The number of para-hydroxylation sites is 1. The van der Waals surface area contributed by atoms with Gasteiger partial charge in [-0.1, -0.05) is 12.1 Å². The van der Waals surface area contributed by atoms with Gasteiger partial charge in [0.25, 0.3) is 0 Å². The molecule has 0 heterocycles. The predicted molar refractivity (Wildman–Crippen MR) is 55.2 cm³/mol. The first kappa shape index (κ1) is 11.3. The van der Waals surface area contributed by atoms with Crippen molar-refractivity contribution in [2.75, 3.05) is 0 Å². The summed E-state index contributed by atoms with van der Waals surface area (Å²) in [5.74, 6) is -0.741. The molecule has 0 saturated heterocycles. The Morgan fingerprint density at radius 1 is 1.25 bits per heavy atom. The molecule has 0 aromatic heterocycles. The molecule has 0 N–H and O–H groups in total. The first-order valence-corrected chi connectivity index (χ1v) is 4.20. The number of benzene rings is 1. The minimum atomic E-state index is -0.741. The van der Waals surface area contributed by atoms with Gasteiger partial charge in [-0.3, -0.25) is 9.59 Å². The van der Waals surface area contributed by atoms with Gasteiger partial charge in [-0.15, -0.1) is 0 Å². The second-order valence-electron chi connectivity index (χ2n) is 2.68. The summed E-state index contributed by atoms with van der Waals surface area (Å²) in [5.41, 5.74) is -0.163. The van der Waals surface area contributed by atoms with Crippen LogP contribution >= 0.6 is 0 Å². The molecule has 16 heavy (non-hydrogen) atoms. The molecule has 0 atom stereocenters. The van der Waals surface area contributed by atoms with Crippen LogP contribution in [-0.4, -0.2) is 17.8 Å². The molecule has 5 nitrogen and oxygen atoms in total. The Hall–Kier alpha value is -2.79. The molecule has 0 bridgehead atoms. The zero-order valence-electron chi connectivity index (χ0n) is 8.04.